The van der Waals surface area contributed by atoms with Crippen LogP contribution in [-0.4, -0.2) is 24.5 Å². The summed E-state index contributed by atoms with van der Waals surface area (Å²) in [5.74, 6) is 6.14. The Labute approximate surface area is 96.3 Å². The van der Waals surface area contributed by atoms with Gasteiger partial charge in [0, 0.05) is 25.7 Å². The Morgan fingerprint density at radius 3 is 3.00 bits per heavy atom. The first-order valence-corrected chi connectivity index (χ1v) is 5.51. The number of hydrazine groups is 1. The molecule has 16 heavy (non-hydrogen) atoms. The minimum absolute atomic E-state index is 0.703. The number of aliphatic imine (C=N–C) groups is 1. The molecule has 1 heterocycles. The zero-order valence-electron chi connectivity index (χ0n) is 9.94. The fourth-order valence-electron chi connectivity index (χ4n) is 1.35. The molecule has 3 N–H and O–H groups in total. The van der Waals surface area contributed by atoms with E-state index in [0.717, 1.165) is 31.5 Å². The van der Waals surface area contributed by atoms with Crippen molar-refractivity contribution in [3.63, 3.8) is 0 Å². The summed E-state index contributed by atoms with van der Waals surface area (Å²) >= 11 is 0. The molecule has 0 aliphatic carbocycles. The molecular formula is C11H20N4O. The van der Waals surface area contributed by atoms with Gasteiger partial charge in [0.15, 0.2) is 0 Å². The van der Waals surface area contributed by atoms with Crippen molar-refractivity contribution >= 4 is 5.96 Å². The van der Waals surface area contributed by atoms with Crippen LogP contribution in [0.15, 0.2) is 28.0 Å². The number of nitrogens with one attached hydrogen (secondary N) is 1. The molecule has 0 fully saturated rings. The van der Waals surface area contributed by atoms with Crippen molar-refractivity contribution in [1.29, 1.82) is 0 Å². The van der Waals surface area contributed by atoms with Gasteiger partial charge in [0.1, 0.15) is 0 Å². The van der Waals surface area contributed by atoms with Crippen LogP contribution >= 0.6 is 0 Å². The van der Waals surface area contributed by atoms with E-state index in [-0.39, 0.29) is 0 Å². The molecule has 0 radical (unpaired) electrons. The predicted molar refractivity (Wildman–Crippen MR) is 64.7 cm³/mol. The molecule has 0 unspecified atom stereocenters. The van der Waals surface area contributed by atoms with E-state index in [1.807, 2.05) is 18.0 Å². The van der Waals surface area contributed by atoms with Crippen LogP contribution in [0.1, 0.15) is 25.3 Å². The Hall–Kier alpha value is -1.49. The maximum absolute atomic E-state index is 5.44. The zero-order chi connectivity index (χ0) is 11.8. The van der Waals surface area contributed by atoms with Crippen molar-refractivity contribution in [3.05, 3.63) is 24.2 Å². The summed E-state index contributed by atoms with van der Waals surface area (Å²) in [5.41, 5.74) is 3.72. The summed E-state index contributed by atoms with van der Waals surface area (Å²) < 4.78 is 5.01. The van der Waals surface area contributed by atoms with E-state index in [0.29, 0.717) is 5.96 Å². The lowest BCUT2D eigenvalue weighted by Crippen LogP contribution is -2.42. The van der Waals surface area contributed by atoms with E-state index in [1.54, 1.807) is 12.5 Å². The highest BCUT2D eigenvalue weighted by Gasteiger charge is 2.05. The maximum atomic E-state index is 5.44. The lowest BCUT2D eigenvalue weighted by molar-refractivity contribution is 0.470. The quantitative estimate of drug-likeness (QED) is 0.260. The zero-order valence-corrected chi connectivity index (χ0v) is 9.94. The normalized spacial score (nSPS) is 11.6. The molecular weight excluding hydrogens is 204 g/mol. The molecule has 0 amide bonds. The van der Waals surface area contributed by atoms with Crippen molar-refractivity contribution < 1.29 is 4.42 Å². The molecule has 0 saturated heterocycles. The van der Waals surface area contributed by atoms with Crippen LogP contribution in [0.25, 0.3) is 0 Å². The molecule has 1 aromatic rings. The Morgan fingerprint density at radius 1 is 1.62 bits per heavy atom. The lowest BCUT2D eigenvalue weighted by atomic mass is 10.3. The van der Waals surface area contributed by atoms with Crippen LogP contribution in [0.5, 0.6) is 0 Å². The number of nitrogens with zero attached hydrogens (tertiary/aromatic N) is 2. The van der Waals surface area contributed by atoms with E-state index in [1.165, 1.54) is 0 Å². The predicted octanol–water partition coefficient (Wildman–Crippen LogP) is 1.33. The fourth-order valence-corrected chi connectivity index (χ4v) is 1.35. The molecule has 0 aromatic carbocycles. The highest BCUT2D eigenvalue weighted by Crippen LogP contribution is 2.03. The number of guanidine groups is 1. The SMILES string of the molecule is CCCCN=C(NN)N(C)Cc1ccoc1. The highest BCUT2D eigenvalue weighted by molar-refractivity contribution is 5.79. The molecule has 1 rings (SSSR count). The first-order valence-electron chi connectivity index (χ1n) is 5.51. The molecule has 1 aromatic heterocycles. The summed E-state index contributed by atoms with van der Waals surface area (Å²) in [6.45, 7) is 3.66. The van der Waals surface area contributed by atoms with E-state index in [4.69, 9.17) is 10.3 Å². The van der Waals surface area contributed by atoms with Crippen LogP contribution in [0, 0.1) is 0 Å². The molecule has 5 heteroatoms. The number of unbranched alkanes of at least 4 members (excludes halogenated alkanes) is 1. The first-order chi connectivity index (χ1) is 7.77. The van der Waals surface area contributed by atoms with Gasteiger partial charge < -0.3 is 9.32 Å². The van der Waals surface area contributed by atoms with Gasteiger partial charge in [0.05, 0.1) is 12.5 Å². The second kappa shape index (κ2) is 6.90. The summed E-state index contributed by atoms with van der Waals surface area (Å²) in [7, 11) is 1.94. The smallest absolute Gasteiger partial charge is 0.208 e. The van der Waals surface area contributed by atoms with Crippen molar-refractivity contribution in [2.75, 3.05) is 13.6 Å². The molecule has 0 aliphatic heterocycles. The number of nitrogens with two attached hydrogens (primary N) is 1. The Morgan fingerprint density at radius 2 is 2.44 bits per heavy atom. The summed E-state index contributed by atoms with van der Waals surface area (Å²) in [4.78, 5) is 6.35. The monoisotopic (exact) mass is 224 g/mol. The number of hydrogen-bond donors (Lipinski definition) is 2. The number of hydrogen-bond acceptors (Lipinski definition) is 3. The average Bonchev–Trinajstić information content (AvgIpc) is 2.77. The van der Waals surface area contributed by atoms with E-state index in [2.05, 4.69) is 17.3 Å². The van der Waals surface area contributed by atoms with Gasteiger partial charge in [-0.3, -0.25) is 10.4 Å². The van der Waals surface area contributed by atoms with E-state index >= 15 is 0 Å². The van der Waals surface area contributed by atoms with Crippen LogP contribution in [0.2, 0.25) is 0 Å². The minimum atomic E-state index is 0.703. The van der Waals surface area contributed by atoms with Gasteiger partial charge in [-0.05, 0) is 12.5 Å². The lowest BCUT2D eigenvalue weighted by Gasteiger charge is -2.19. The molecule has 0 aliphatic rings. The van der Waals surface area contributed by atoms with E-state index in [9.17, 15) is 0 Å². The maximum Gasteiger partial charge on any atom is 0.208 e. The molecule has 0 bridgehead atoms. The summed E-state index contributed by atoms with van der Waals surface area (Å²) in [6.07, 6.45) is 5.58. The second-order valence-electron chi connectivity index (χ2n) is 3.69. The summed E-state index contributed by atoms with van der Waals surface area (Å²) in [5, 5.41) is 0. The number of rotatable bonds is 5. The van der Waals surface area contributed by atoms with Crippen molar-refractivity contribution in [2.45, 2.75) is 26.3 Å². The van der Waals surface area contributed by atoms with Gasteiger partial charge in [0.2, 0.25) is 5.96 Å². The largest absolute Gasteiger partial charge is 0.472 e. The van der Waals surface area contributed by atoms with Crippen molar-refractivity contribution in [3.8, 4) is 0 Å². The van der Waals surface area contributed by atoms with Crippen LogP contribution < -0.4 is 11.3 Å². The fraction of sp³-hybridized carbons (Fsp3) is 0.545. The third-order valence-corrected chi connectivity index (χ3v) is 2.26. The number of furan rings is 1. The van der Waals surface area contributed by atoms with Crippen molar-refractivity contribution in [1.82, 2.24) is 10.3 Å². The summed E-state index contributed by atoms with van der Waals surface area (Å²) in [6, 6.07) is 1.93. The molecule has 0 atom stereocenters. The average molecular weight is 224 g/mol. The third-order valence-electron chi connectivity index (χ3n) is 2.26. The molecule has 0 saturated carbocycles. The highest BCUT2D eigenvalue weighted by atomic mass is 16.3. The standard InChI is InChI=1S/C11H20N4O/c1-3-4-6-13-11(14-12)15(2)8-10-5-7-16-9-10/h5,7,9H,3-4,6,8,12H2,1-2H3,(H,13,14). The van der Waals surface area contributed by atoms with Crippen molar-refractivity contribution in [2.24, 2.45) is 10.8 Å². The Bertz CT molecular complexity index is 308. The van der Waals surface area contributed by atoms with Gasteiger partial charge in [-0.25, -0.2) is 5.84 Å². The topological polar surface area (TPSA) is 66.8 Å². The van der Waals surface area contributed by atoms with Gasteiger partial charge >= 0.3 is 0 Å². The van der Waals surface area contributed by atoms with Gasteiger partial charge in [0.25, 0.3) is 0 Å². The second-order valence-corrected chi connectivity index (χ2v) is 3.69. The Balaban J connectivity index is 2.48. The van der Waals surface area contributed by atoms with Crippen LogP contribution in [0.4, 0.5) is 0 Å². The van der Waals surface area contributed by atoms with Crippen LogP contribution in [0.3, 0.4) is 0 Å². The molecule has 0 spiro atoms. The minimum Gasteiger partial charge on any atom is -0.472 e. The van der Waals surface area contributed by atoms with E-state index < -0.39 is 0 Å². The van der Waals surface area contributed by atoms with Gasteiger partial charge in [-0.2, -0.15) is 0 Å². The third kappa shape index (κ3) is 3.94. The van der Waals surface area contributed by atoms with Gasteiger partial charge in [-0.15, -0.1) is 0 Å². The van der Waals surface area contributed by atoms with Gasteiger partial charge in [-0.1, -0.05) is 13.3 Å². The molecule has 5 nitrogen and oxygen atoms in total. The van der Waals surface area contributed by atoms with Crippen LogP contribution in [-0.2, 0) is 6.54 Å². The Kier molecular flexibility index (Phi) is 5.42. The molecule has 90 valence electrons. The first kappa shape index (κ1) is 12.6.